The van der Waals surface area contributed by atoms with Crippen molar-refractivity contribution in [2.24, 2.45) is 0 Å². The molecule has 2 N–H and O–H groups in total. The average Bonchev–Trinajstić information content (AvgIpc) is 2.57. The Kier molecular flexibility index (Phi) is 6.58. The van der Waals surface area contributed by atoms with Crippen LogP contribution in [0.15, 0.2) is 48.8 Å². The summed E-state index contributed by atoms with van der Waals surface area (Å²) >= 11 is 6.28. The van der Waals surface area contributed by atoms with Crippen LogP contribution in [0.5, 0.6) is 0 Å². The van der Waals surface area contributed by atoms with Gasteiger partial charge in [0.15, 0.2) is 0 Å². The van der Waals surface area contributed by atoms with Crippen molar-refractivity contribution in [1.82, 2.24) is 20.5 Å². The highest BCUT2D eigenvalue weighted by molar-refractivity contribution is 6.31. The van der Waals surface area contributed by atoms with Gasteiger partial charge in [-0.1, -0.05) is 35.9 Å². The van der Waals surface area contributed by atoms with Crippen LogP contribution in [0.25, 0.3) is 0 Å². The van der Waals surface area contributed by atoms with Gasteiger partial charge in [0.2, 0.25) is 0 Å². The van der Waals surface area contributed by atoms with Crippen molar-refractivity contribution in [3.05, 3.63) is 64.9 Å². The molecule has 1 aromatic carbocycles. The molecule has 128 valence electrons. The molecular weight excluding hydrogens is 324 g/mol. The molecule has 0 aliphatic carbocycles. The van der Waals surface area contributed by atoms with E-state index in [0.717, 1.165) is 11.1 Å². The highest BCUT2D eigenvalue weighted by Crippen LogP contribution is 2.25. The Morgan fingerprint density at radius 3 is 2.62 bits per heavy atom. The number of aromatic nitrogens is 1. The van der Waals surface area contributed by atoms with Crippen LogP contribution in [0.3, 0.4) is 0 Å². The number of likely N-dealkylation sites (N-methyl/N-ethyl adjacent to an activating group) is 1. The molecule has 2 rings (SSSR count). The third-order valence-electron chi connectivity index (χ3n) is 3.88. The summed E-state index contributed by atoms with van der Waals surface area (Å²) in [5.74, 6) is 0. The Balaban J connectivity index is 1.95. The van der Waals surface area contributed by atoms with E-state index in [1.165, 1.54) is 0 Å². The minimum atomic E-state index is -0.217. The molecular formula is C18H23ClN4O. The predicted octanol–water partition coefficient (Wildman–Crippen LogP) is 3.40. The van der Waals surface area contributed by atoms with Crippen molar-refractivity contribution in [1.29, 1.82) is 0 Å². The molecule has 1 heterocycles. The van der Waals surface area contributed by atoms with E-state index in [9.17, 15) is 4.79 Å². The third-order valence-corrected chi connectivity index (χ3v) is 4.22. The summed E-state index contributed by atoms with van der Waals surface area (Å²) in [6.45, 7) is 2.39. The molecule has 0 saturated carbocycles. The van der Waals surface area contributed by atoms with E-state index >= 15 is 0 Å². The second-order valence-electron chi connectivity index (χ2n) is 5.86. The molecule has 2 aromatic rings. The molecule has 2 atom stereocenters. The van der Waals surface area contributed by atoms with Crippen LogP contribution < -0.4 is 10.6 Å². The van der Waals surface area contributed by atoms with Gasteiger partial charge in [-0.15, -0.1) is 0 Å². The molecule has 0 saturated heterocycles. The number of nitrogens with zero attached hydrogens (tertiary/aromatic N) is 2. The second-order valence-corrected chi connectivity index (χ2v) is 6.27. The third kappa shape index (κ3) is 4.94. The first-order valence-corrected chi connectivity index (χ1v) is 8.22. The van der Waals surface area contributed by atoms with Gasteiger partial charge in [0.05, 0.1) is 12.1 Å². The molecule has 0 unspecified atom stereocenters. The van der Waals surface area contributed by atoms with Gasteiger partial charge in [-0.3, -0.25) is 4.98 Å². The van der Waals surface area contributed by atoms with Crippen molar-refractivity contribution < 1.29 is 4.79 Å². The first-order valence-electron chi connectivity index (χ1n) is 7.84. The van der Waals surface area contributed by atoms with E-state index in [2.05, 4.69) is 15.6 Å². The zero-order valence-corrected chi connectivity index (χ0v) is 14.9. The van der Waals surface area contributed by atoms with Crippen LogP contribution in [-0.4, -0.2) is 36.6 Å². The van der Waals surface area contributed by atoms with Gasteiger partial charge >= 0.3 is 6.03 Å². The summed E-state index contributed by atoms with van der Waals surface area (Å²) in [4.78, 5) is 18.3. The van der Waals surface area contributed by atoms with Crippen LogP contribution in [0.2, 0.25) is 5.02 Å². The number of halogens is 1. The Bertz CT molecular complexity index is 663. The number of hydrogen-bond acceptors (Lipinski definition) is 3. The van der Waals surface area contributed by atoms with Crippen molar-refractivity contribution >= 4 is 17.6 Å². The van der Waals surface area contributed by atoms with Crippen LogP contribution >= 0.6 is 11.6 Å². The van der Waals surface area contributed by atoms with E-state index < -0.39 is 0 Å². The van der Waals surface area contributed by atoms with Crippen LogP contribution in [-0.2, 0) is 0 Å². The standard InChI is InChI=1S/C18H23ClN4O/c1-13(14-7-6-10-20-11-14)22-18(24)21-12-17(23(2)3)15-8-4-5-9-16(15)19/h4-11,13,17H,12H2,1-3H3,(H2,21,22,24)/t13-,17+/m0/s1. The Hall–Kier alpha value is -2.11. The van der Waals surface area contributed by atoms with Crippen LogP contribution in [0.1, 0.15) is 30.1 Å². The lowest BCUT2D eigenvalue weighted by Crippen LogP contribution is -2.41. The van der Waals surface area contributed by atoms with Gasteiger partial charge in [-0.25, -0.2) is 4.79 Å². The van der Waals surface area contributed by atoms with Gasteiger partial charge in [0, 0.05) is 24.0 Å². The maximum atomic E-state index is 12.2. The van der Waals surface area contributed by atoms with Crippen LogP contribution in [0.4, 0.5) is 4.79 Å². The van der Waals surface area contributed by atoms with Gasteiger partial charge in [-0.05, 0) is 44.3 Å². The first-order chi connectivity index (χ1) is 11.5. The number of rotatable bonds is 6. The number of amides is 2. The van der Waals surface area contributed by atoms with Crippen molar-refractivity contribution in [2.45, 2.75) is 19.0 Å². The number of carbonyl (C=O) groups excluding carboxylic acids is 1. The molecule has 0 aliphatic heterocycles. The fourth-order valence-electron chi connectivity index (χ4n) is 2.47. The molecule has 24 heavy (non-hydrogen) atoms. The number of urea groups is 1. The van der Waals surface area contributed by atoms with E-state index in [1.807, 2.05) is 62.3 Å². The SMILES string of the molecule is C[C@H](NC(=O)NC[C@H](c1ccccc1Cl)N(C)C)c1cccnc1. The number of pyridine rings is 1. The number of hydrogen-bond donors (Lipinski definition) is 2. The van der Waals surface area contributed by atoms with E-state index in [4.69, 9.17) is 11.6 Å². The Morgan fingerprint density at radius 2 is 2.00 bits per heavy atom. The van der Waals surface area contributed by atoms with E-state index in [-0.39, 0.29) is 18.1 Å². The normalized spacial score (nSPS) is 13.4. The van der Waals surface area contributed by atoms with E-state index in [0.29, 0.717) is 11.6 Å². The monoisotopic (exact) mass is 346 g/mol. The number of benzene rings is 1. The summed E-state index contributed by atoms with van der Waals surface area (Å²) in [6.07, 6.45) is 3.46. The highest BCUT2D eigenvalue weighted by atomic mass is 35.5. The minimum absolute atomic E-state index is 0.00171. The van der Waals surface area contributed by atoms with Gasteiger partial charge in [-0.2, -0.15) is 0 Å². The van der Waals surface area contributed by atoms with E-state index in [1.54, 1.807) is 12.4 Å². The quantitative estimate of drug-likeness (QED) is 0.842. The lowest BCUT2D eigenvalue weighted by molar-refractivity contribution is 0.230. The topological polar surface area (TPSA) is 57.3 Å². The maximum Gasteiger partial charge on any atom is 0.315 e. The fraction of sp³-hybridized carbons (Fsp3) is 0.333. The molecule has 0 spiro atoms. The Labute approximate surface area is 148 Å². The molecule has 0 fully saturated rings. The average molecular weight is 347 g/mol. The van der Waals surface area contributed by atoms with Crippen LogP contribution in [0, 0.1) is 0 Å². The Morgan fingerprint density at radius 1 is 1.25 bits per heavy atom. The lowest BCUT2D eigenvalue weighted by atomic mass is 10.1. The zero-order chi connectivity index (χ0) is 17.5. The molecule has 0 bridgehead atoms. The molecule has 1 aromatic heterocycles. The zero-order valence-electron chi connectivity index (χ0n) is 14.2. The van der Waals surface area contributed by atoms with Gasteiger partial charge < -0.3 is 15.5 Å². The highest BCUT2D eigenvalue weighted by Gasteiger charge is 2.18. The molecule has 0 aliphatic rings. The predicted molar refractivity (Wildman–Crippen MR) is 97.1 cm³/mol. The molecule has 0 radical (unpaired) electrons. The summed E-state index contributed by atoms with van der Waals surface area (Å²) in [7, 11) is 3.93. The van der Waals surface area contributed by atoms with Gasteiger partial charge in [0.25, 0.3) is 0 Å². The summed E-state index contributed by atoms with van der Waals surface area (Å²) in [5, 5.41) is 6.53. The summed E-state index contributed by atoms with van der Waals surface area (Å²) in [6, 6.07) is 11.1. The first kappa shape index (κ1) is 18.2. The number of nitrogens with one attached hydrogen (secondary N) is 2. The summed E-state index contributed by atoms with van der Waals surface area (Å²) < 4.78 is 0. The molecule has 6 heteroatoms. The van der Waals surface area contributed by atoms with Crippen molar-refractivity contribution in [3.8, 4) is 0 Å². The lowest BCUT2D eigenvalue weighted by Gasteiger charge is -2.26. The maximum absolute atomic E-state index is 12.2. The minimum Gasteiger partial charge on any atom is -0.336 e. The fourth-order valence-corrected chi connectivity index (χ4v) is 2.73. The van der Waals surface area contributed by atoms with Crippen molar-refractivity contribution in [2.75, 3.05) is 20.6 Å². The van der Waals surface area contributed by atoms with Crippen molar-refractivity contribution in [3.63, 3.8) is 0 Å². The smallest absolute Gasteiger partial charge is 0.315 e. The van der Waals surface area contributed by atoms with Gasteiger partial charge in [0.1, 0.15) is 0 Å². The number of carbonyl (C=O) groups is 1. The second kappa shape index (κ2) is 8.66. The molecule has 5 nitrogen and oxygen atoms in total. The molecule has 2 amide bonds. The largest absolute Gasteiger partial charge is 0.336 e. The summed E-state index contributed by atoms with van der Waals surface area (Å²) in [5.41, 5.74) is 1.95.